The lowest BCUT2D eigenvalue weighted by molar-refractivity contribution is 0.0601. The summed E-state index contributed by atoms with van der Waals surface area (Å²) in [7, 11) is 1.34. The van der Waals surface area contributed by atoms with Gasteiger partial charge >= 0.3 is 5.97 Å². The molecule has 0 aliphatic rings. The van der Waals surface area contributed by atoms with Crippen LogP contribution in [0.1, 0.15) is 22.3 Å². The van der Waals surface area contributed by atoms with Crippen molar-refractivity contribution in [2.24, 2.45) is 0 Å². The monoisotopic (exact) mass is 302 g/mol. The summed E-state index contributed by atoms with van der Waals surface area (Å²) in [5.41, 5.74) is 1.33. The average Bonchev–Trinajstić information content (AvgIpc) is 2.30. The van der Waals surface area contributed by atoms with Crippen LogP contribution in [-0.2, 0) is 4.74 Å². The highest BCUT2D eigenvalue weighted by Crippen LogP contribution is 2.19. The summed E-state index contributed by atoms with van der Waals surface area (Å²) in [6.45, 7) is 0. The molecule has 1 aromatic rings. The van der Waals surface area contributed by atoms with E-state index in [1.54, 1.807) is 12.1 Å². The summed E-state index contributed by atoms with van der Waals surface area (Å²) in [4.78, 5) is 11.4. The van der Waals surface area contributed by atoms with Crippen LogP contribution in [0.2, 0.25) is 5.02 Å². The molecule has 0 saturated carbocycles. The van der Waals surface area contributed by atoms with Crippen molar-refractivity contribution in [3.8, 4) is 0 Å². The van der Waals surface area contributed by atoms with Gasteiger partial charge in [-0.15, -0.1) is 0 Å². The standard InChI is InChI=1S/C12H12BrClO2/c1-16-12(15)10-8-9(4-2-3-7-13)5-6-11(10)14/h2,4-6,8H,3,7H2,1H3. The van der Waals surface area contributed by atoms with Crippen LogP contribution < -0.4 is 0 Å². The molecule has 4 heteroatoms. The molecule has 0 radical (unpaired) electrons. The molecule has 2 nitrogen and oxygen atoms in total. The van der Waals surface area contributed by atoms with Crippen LogP contribution >= 0.6 is 27.5 Å². The maximum atomic E-state index is 11.4. The van der Waals surface area contributed by atoms with Crippen molar-refractivity contribution in [1.82, 2.24) is 0 Å². The molecule has 0 N–H and O–H groups in total. The summed E-state index contributed by atoms with van der Waals surface area (Å²) in [6, 6.07) is 5.28. The molecule has 86 valence electrons. The van der Waals surface area contributed by atoms with Crippen LogP contribution in [0.5, 0.6) is 0 Å². The van der Waals surface area contributed by atoms with Crippen molar-refractivity contribution in [3.63, 3.8) is 0 Å². The Bertz CT molecular complexity index is 402. The number of methoxy groups -OCH3 is 1. The van der Waals surface area contributed by atoms with Gasteiger partial charge in [0, 0.05) is 5.33 Å². The van der Waals surface area contributed by atoms with Gasteiger partial charge in [0.1, 0.15) is 0 Å². The number of carbonyl (C=O) groups excluding carboxylic acids is 1. The zero-order chi connectivity index (χ0) is 12.0. The Morgan fingerprint density at radius 2 is 2.31 bits per heavy atom. The van der Waals surface area contributed by atoms with E-state index in [4.69, 9.17) is 11.6 Å². The molecule has 0 aromatic heterocycles. The molecule has 0 spiro atoms. The van der Waals surface area contributed by atoms with E-state index in [2.05, 4.69) is 20.7 Å². The summed E-state index contributed by atoms with van der Waals surface area (Å²) in [5.74, 6) is -0.416. The van der Waals surface area contributed by atoms with Gasteiger partial charge in [0.25, 0.3) is 0 Å². The summed E-state index contributed by atoms with van der Waals surface area (Å²) in [6.07, 6.45) is 4.92. The number of halogens is 2. The van der Waals surface area contributed by atoms with Crippen molar-refractivity contribution >= 4 is 39.6 Å². The molecular weight excluding hydrogens is 291 g/mol. The minimum atomic E-state index is -0.416. The highest BCUT2D eigenvalue weighted by molar-refractivity contribution is 9.09. The van der Waals surface area contributed by atoms with Crippen molar-refractivity contribution in [2.75, 3.05) is 12.4 Å². The van der Waals surface area contributed by atoms with Gasteiger partial charge in [-0.3, -0.25) is 0 Å². The van der Waals surface area contributed by atoms with Crippen LogP contribution in [0.15, 0.2) is 24.3 Å². The van der Waals surface area contributed by atoms with E-state index in [-0.39, 0.29) is 0 Å². The number of alkyl halides is 1. The number of allylic oxidation sites excluding steroid dienone is 1. The van der Waals surface area contributed by atoms with Crippen molar-refractivity contribution in [2.45, 2.75) is 6.42 Å². The number of benzene rings is 1. The lowest BCUT2D eigenvalue weighted by atomic mass is 10.1. The first-order valence-corrected chi connectivity index (χ1v) is 6.29. The highest BCUT2D eigenvalue weighted by Gasteiger charge is 2.10. The van der Waals surface area contributed by atoms with Gasteiger partial charge in [-0.25, -0.2) is 4.79 Å². The van der Waals surface area contributed by atoms with E-state index in [0.717, 1.165) is 17.3 Å². The SMILES string of the molecule is COC(=O)c1cc(C=CCCBr)ccc1Cl. The van der Waals surface area contributed by atoms with Crippen molar-refractivity contribution in [1.29, 1.82) is 0 Å². The molecule has 0 fully saturated rings. The third-order valence-electron chi connectivity index (χ3n) is 1.98. The number of esters is 1. The number of rotatable bonds is 4. The lowest BCUT2D eigenvalue weighted by Crippen LogP contribution is -2.02. The van der Waals surface area contributed by atoms with Crippen molar-refractivity contribution in [3.05, 3.63) is 40.4 Å². The smallest absolute Gasteiger partial charge is 0.339 e. The topological polar surface area (TPSA) is 26.3 Å². The molecule has 0 saturated heterocycles. The third-order valence-corrected chi connectivity index (χ3v) is 2.77. The van der Waals surface area contributed by atoms with Gasteiger partial charge in [0.15, 0.2) is 0 Å². The molecule has 0 heterocycles. The molecule has 0 bridgehead atoms. The Morgan fingerprint density at radius 3 is 2.94 bits per heavy atom. The van der Waals surface area contributed by atoms with Gasteiger partial charge in [0.2, 0.25) is 0 Å². The van der Waals surface area contributed by atoms with Gasteiger partial charge in [-0.2, -0.15) is 0 Å². The highest BCUT2D eigenvalue weighted by atomic mass is 79.9. The van der Waals surface area contributed by atoms with Gasteiger partial charge in [0.05, 0.1) is 17.7 Å². The molecule has 0 amide bonds. The number of carbonyl (C=O) groups is 1. The zero-order valence-electron chi connectivity index (χ0n) is 8.87. The summed E-state index contributed by atoms with van der Waals surface area (Å²) < 4.78 is 4.64. The molecule has 0 aliphatic heterocycles. The molecule has 0 unspecified atom stereocenters. The predicted octanol–water partition coefficient (Wildman–Crippen LogP) is 3.92. The van der Waals surface area contributed by atoms with Crippen LogP contribution in [0, 0.1) is 0 Å². The molecular formula is C12H12BrClO2. The minimum Gasteiger partial charge on any atom is -0.465 e. The van der Waals surface area contributed by atoms with Gasteiger partial charge in [-0.1, -0.05) is 45.7 Å². The zero-order valence-corrected chi connectivity index (χ0v) is 11.2. The quantitative estimate of drug-likeness (QED) is 0.622. The summed E-state index contributed by atoms with van der Waals surface area (Å²) in [5, 5.41) is 1.32. The molecule has 0 aliphatic carbocycles. The Kier molecular flexibility index (Phi) is 5.56. The first-order chi connectivity index (χ1) is 7.69. The fourth-order valence-corrected chi connectivity index (χ4v) is 1.65. The molecule has 16 heavy (non-hydrogen) atoms. The summed E-state index contributed by atoms with van der Waals surface area (Å²) >= 11 is 9.24. The molecule has 0 atom stereocenters. The first kappa shape index (κ1) is 13.3. The maximum absolute atomic E-state index is 11.4. The van der Waals surface area contributed by atoms with E-state index >= 15 is 0 Å². The fraction of sp³-hybridized carbons (Fsp3) is 0.250. The lowest BCUT2D eigenvalue weighted by Gasteiger charge is -2.03. The largest absolute Gasteiger partial charge is 0.465 e. The molecule has 1 aromatic carbocycles. The first-order valence-electron chi connectivity index (χ1n) is 4.79. The Hall–Kier alpha value is -0.800. The van der Waals surface area contributed by atoms with Gasteiger partial charge < -0.3 is 4.74 Å². The maximum Gasteiger partial charge on any atom is 0.339 e. The number of hydrogen-bond acceptors (Lipinski definition) is 2. The fourth-order valence-electron chi connectivity index (χ4n) is 1.20. The number of hydrogen-bond donors (Lipinski definition) is 0. The van der Waals surface area contributed by atoms with E-state index in [9.17, 15) is 4.79 Å². The second kappa shape index (κ2) is 6.71. The Balaban J connectivity index is 2.93. The van der Waals surface area contributed by atoms with E-state index in [0.29, 0.717) is 10.6 Å². The Morgan fingerprint density at radius 1 is 1.56 bits per heavy atom. The number of ether oxygens (including phenoxy) is 1. The van der Waals surface area contributed by atoms with Crippen LogP contribution in [-0.4, -0.2) is 18.4 Å². The second-order valence-electron chi connectivity index (χ2n) is 3.11. The van der Waals surface area contributed by atoms with E-state index < -0.39 is 5.97 Å². The van der Waals surface area contributed by atoms with Crippen LogP contribution in [0.3, 0.4) is 0 Å². The minimum absolute atomic E-state index is 0.394. The van der Waals surface area contributed by atoms with Gasteiger partial charge in [-0.05, 0) is 24.1 Å². The van der Waals surface area contributed by atoms with E-state index in [1.165, 1.54) is 7.11 Å². The predicted molar refractivity (Wildman–Crippen MR) is 70.2 cm³/mol. The van der Waals surface area contributed by atoms with Crippen LogP contribution in [0.25, 0.3) is 6.08 Å². The Labute approximate surface area is 108 Å². The third kappa shape index (κ3) is 3.65. The normalized spacial score (nSPS) is 10.7. The van der Waals surface area contributed by atoms with Crippen LogP contribution in [0.4, 0.5) is 0 Å². The van der Waals surface area contributed by atoms with Crippen molar-refractivity contribution < 1.29 is 9.53 Å². The van der Waals surface area contributed by atoms with E-state index in [1.807, 2.05) is 18.2 Å². The molecule has 1 rings (SSSR count). The average molecular weight is 304 g/mol. The second-order valence-corrected chi connectivity index (χ2v) is 4.31.